The summed E-state index contributed by atoms with van der Waals surface area (Å²) in [5, 5.41) is 21.3. The van der Waals surface area contributed by atoms with E-state index in [1.54, 1.807) is 0 Å². The first-order valence-corrected chi connectivity index (χ1v) is 12.1. The SMILES string of the molecule is N#Cc1ccc2c(c1)/C(=C\CCN1CCC(O)(c3ccc(Cl)cc3)CC1)c1ccccc1CO2. The lowest BCUT2D eigenvalue weighted by atomic mass is 9.84. The zero-order valence-corrected chi connectivity index (χ0v) is 19.8. The molecule has 3 aromatic carbocycles. The van der Waals surface area contributed by atoms with Gasteiger partial charge in [0.1, 0.15) is 12.4 Å². The molecule has 1 fully saturated rings. The van der Waals surface area contributed by atoms with Crippen LogP contribution in [0.15, 0.2) is 72.8 Å². The van der Waals surface area contributed by atoms with Crippen molar-refractivity contribution in [2.75, 3.05) is 19.6 Å². The predicted molar refractivity (Wildman–Crippen MR) is 135 cm³/mol. The average molecular weight is 471 g/mol. The zero-order chi connectivity index (χ0) is 23.5. The van der Waals surface area contributed by atoms with Crippen LogP contribution in [0.1, 0.15) is 47.1 Å². The molecule has 0 aliphatic carbocycles. The van der Waals surface area contributed by atoms with Crippen LogP contribution >= 0.6 is 11.6 Å². The molecule has 0 radical (unpaired) electrons. The molecule has 1 N–H and O–H groups in total. The largest absolute Gasteiger partial charge is 0.488 e. The summed E-state index contributed by atoms with van der Waals surface area (Å²) in [6.07, 6.45) is 4.55. The fourth-order valence-corrected chi connectivity index (χ4v) is 5.08. The third-order valence-electron chi connectivity index (χ3n) is 6.95. The van der Waals surface area contributed by atoms with Crippen LogP contribution in [0.25, 0.3) is 5.57 Å². The van der Waals surface area contributed by atoms with Crippen LogP contribution in [0, 0.1) is 11.3 Å². The first-order valence-electron chi connectivity index (χ1n) is 11.7. The minimum absolute atomic E-state index is 0.516. The van der Waals surface area contributed by atoms with Gasteiger partial charge in [-0.2, -0.15) is 5.26 Å². The number of halogens is 1. The van der Waals surface area contributed by atoms with Crippen molar-refractivity contribution >= 4 is 17.2 Å². The van der Waals surface area contributed by atoms with Crippen LogP contribution in [0.4, 0.5) is 0 Å². The lowest BCUT2D eigenvalue weighted by Crippen LogP contribution is -2.42. The van der Waals surface area contributed by atoms with Crippen molar-refractivity contribution in [3.05, 3.63) is 106 Å². The van der Waals surface area contributed by atoms with Gasteiger partial charge in [0.25, 0.3) is 0 Å². The van der Waals surface area contributed by atoms with E-state index in [2.05, 4.69) is 29.2 Å². The molecule has 172 valence electrons. The summed E-state index contributed by atoms with van der Waals surface area (Å²) in [6, 6.07) is 23.8. The molecule has 0 saturated carbocycles. The Labute approximate surface area is 205 Å². The van der Waals surface area contributed by atoms with Crippen LogP contribution in [-0.2, 0) is 12.2 Å². The quantitative estimate of drug-likeness (QED) is 0.515. The van der Waals surface area contributed by atoms with E-state index in [0.29, 0.717) is 30.0 Å². The van der Waals surface area contributed by atoms with Crippen LogP contribution in [-0.4, -0.2) is 29.6 Å². The molecule has 5 rings (SSSR count). The molecule has 0 bridgehead atoms. The molecule has 0 spiro atoms. The number of hydrogen-bond acceptors (Lipinski definition) is 4. The first kappa shape index (κ1) is 22.7. The molecule has 34 heavy (non-hydrogen) atoms. The van der Waals surface area contributed by atoms with Gasteiger partial charge in [-0.05, 0) is 71.9 Å². The lowest BCUT2D eigenvalue weighted by Gasteiger charge is -2.38. The minimum Gasteiger partial charge on any atom is -0.488 e. The van der Waals surface area contributed by atoms with Crippen LogP contribution in [0.5, 0.6) is 5.75 Å². The highest BCUT2D eigenvalue weighted by molar-refractivity contribution is 6.30. The average Bonchev–Trinajstić information content (AvgIpc) is 3.02. The van der Waals surface area contributed by atoms with Gasteiger partial charge in [0, 0.05) is 30.2 Å². The Kier molecular flexibility index (Phi) is 6.43. The maximum Gasteiger partial charge on any atom is 0.127 e. The number of ether oxygens (including phenoxy) is 1. The van der Waals surface area contributed by atoms with Gasteiger partial charge in [0.05, 0.1) is 17.2 Å². The van der Waals surface area contributed by atoms with E-state index in [1.807, 2.05) is 54.6 Å². The number of nitrogens with zero attached hydrogens (tertiary/aromatic N) is 2. The number of hydrogen-bond donors (Lipinski definition) is 1. The first-order chi connectivity index (χ1) is 16.6. The maximum atomic E-state index is 11.2. The summed E-state index contributed by atoms with van der Waals surface area (Å²) >= 11 is 6.01. The summed E-state index contributed by atoms with van der Waals surface area (Å²) in [5.41, 5.74) is 5.18. The molecular weight excluding hydrogens is 444 g/mol. The number of likely N-dealkylation sites (tertiary alicyclic amines) is 1. The van der Waals surface area contributed by atoms with Gasteiger partial charge in [-0.3, -0.25) is 0 Å². The van der Waals surface area contributed by atoms with Crippen molar-refractivity contribution in [2.24, 2.45) is 0 Å². The number of piperidine rings is 1. The maximum absolute atomic E-state index is 11.2. The Morgan fingerprint density at radius 3 is 2.56 bits per heavy atom. The van der Waals surface area contributed by atoms with Crippen molar-refractivity contribution in [1.82, 2.24) is 4.90 Å². The Balaban J connectivity index is 1.32. The van der Waals surface area contributed by atoms with Gasteiger partial charge in [-0.25, -0.2) is 0 Å². The van der Waals surface area contributed by atoms with Crippen molar-refractivity contribution in [1.29, 1.82) is 5.26 Å². The van der Waals surface area contributed by atoms with Gasteiger partial charge < -0.3 is 14.7 Å². The molecule has 2 aliphatic heterocycles. The third-order valence-corrected chi connectivity index (χ3v) is 7.20. The molecule has 5 heteroatoms. The number of rotatable bonds is 4. The number of benzene rings is 3. The Bertz CT molecular complexity index is 1250. The third kappa shape index (κ3) is 4.60. The molecule has 1 saturated heterocycles. The highest BCUT2D eigenvalue weighted by atomic mass is 35.5. The molecular formula is C29H27ClN2O2. The topological polar surface area (TPSA) is 56.5 Å². The fraction of sp³-hybridized carbons (Fsp3) is 0.276. The summed E-state index contributed by atoms with van der Waals surface area (Å²) in [4.78, 5) is 2.41. The molecule has 3 aromatic rings. The van der Waals surface area contributed by atoms with E-state index >= 15 is 0 Å². The molecule has 0 atom stereocenters. The second-order valence-electron chi connectivity index (χ2n) is 9.06. The summed E-state index contributed by atoms with van der Waals surface area (Å²) in [6.45, 7) is 3.12. The summed E-state index contributed by atoms with van der Waals surface area (Å²) < 4.78 is 6.08. The lowest BCUT2D eigenvalue weighted by molar-refractivity contribution is -0.0254. The van der Waals surface area contributed by atoms with E-state index in [4.69, 9.17) is 16.3 Å². The second-order valence-corrected chi connectivity index (χ2v) is 9.49. The Morgan fingerprint density at radius 2 is 1.79 bits per heavy atom. The predicted octanol–water partition coefficient (Wildman–Crippen LogP) is 5.91. The smallest absolute Gasteiger partial charge is 0.127 e. The standard InChI is InChI=1S/C29H27ClN2O2/c30-24-10-8-23(9-11-24)29(33)13-16-32(17-14-29)15-3-6-26-25-5-2-1-4-22(25)20-34-28-12-7-21(19-31)18-27(26)28/h1-2,4-12,18,33H,3,13-17,20H2/b26-6-. The monoisotopic (exact) mass is 470 g/mol. The summed E-state index contributed by atoms with van der Waals surface area (Å²) in [5.74, 6) is 0.812. The van der Waals surface area contributed by atoms with E-state index in [1.165, 1.54) is 0 Å². The fourth-order valence-electron chi connectivity index (χ4n) is 4.95. The molecule has 0 aromatic heterocycles. The van der Waals surface area contributed by atoms with Gasteiger partial charge in [-0.15, -0.1) is 0 Å². The Morgan fingerprint density at radius 1 is 1.03 bits per heavy atom. The van der Waals surface area contributed by atoms with Gasteiger partial charge >= 0.3 is 0 Å². The highest BCUT2D eigenvalue weighted by Crippen LogP contribution is 2.38. The minimum atomic E-state index is -0.788. The van der Waals surface area contributed by atoms with Crippen molar-refractivity contribution in [2.45, 2.75) is 31.5 Å². The number of fused-ring (bicyclic) bond motifs is 2. The highest BCUT2D eigenvalue weighted by Gasteiger charge is 2.33. The van der Waals surface area contributed by atoms with Crippen LogP contribution < -0.4 is 4.74 Å². The van der Waals surface area contributed by atoms with Gasteiger partial charge in [0.2, 0.25) is 0 Å². The second kappa shape index (κ2) is 9.64. The van der Waals surface area contributed by atoms with Gasteiger partial charge in [-0.1, -0.05) is 54.1 Å². The Hall–Kier alpha value is -3.10. The number of aliphatic hydroxyl groups is 1. The van der Waals surface area contributed by atoms with E-state index in [0.717, 1.165) is 59.6 Å². The molecule has 2 heterocycles. The van der Waals surface area contributed by atoms with E-state index < -0.39 is 5.60 Å². The number of nitriles is 1. The van der Waals surface area contributed by atoms with Gasteiger partial charge in [0.15, 0.2) is 0 Å². The molecule has 0 unspecified atom stereocenters. The zero-order valence-electron chi connectivity index (χ0n) is 19.0. The van der Waals surface area contributed by atoms with Crippen molar-refractivity contribution in [3.63, 3.8) is 0 Å². The molecule has 2 aliphatic rings. The normalized spacial score (nSPS) is 18.3. The summed E-state index contributed by atoms with van der Waals surface area (Å²) in [7, 11) is 0. The van der Waals surface area contributed by atoms with E-state index in [9.17, 15) is 10.4 Å². The molecule has 4 nitrogen and oxygen atoms in total. The van der Waals surface area contributed by atoms with Crippen molar-refractivity contribution in [3.8, 4) is 11.8 Å². The van der Waals surface area contributed by atoms with E-state index in [-0.39, 0.29) is 0 Å². The van der Waals surface area contributed by atoms with Crippen molar-refractivity contribution < 1.29 is 9.84 Å². The van der Waals surface area contributed by atoms with Crippen LogP contribution in [0.2, 0.25) is 5.02 Å². The van der Waals surface area contributed by atoms with Crippen LogP contribution in [0.3, 0.4) is 0 Å². The molecule has 0 amide bonds.